The quantitative estimate of drug-likeness (QED) is 0.427. The number of nitrogen functional groups attached to an aromatic ring is 1. The Balaban J connectivity index is 1.74. The van der Waals surface area contributed by atoms with Gasteiger partial charge in [0.1, 0.15) is 11.5 Å². The Hall–Kier alpha value is -2.51. The van der Waals surface area contributed by atoms with Crippen molar-refractivity contribution in [3.8, 4) is 11.3 Å². The maximum atomic E-state index is 6.16. The average Bonchev–Trinajstić information content (AvgIpc) is 3.09. The molecule has 23 heavy (non-hydrogen) atoms. The monoisotopic (exact) mass is 350 g/mol. The molecular formula is C14H12Cl2N6O. The van der Waals surface area contributed by atoms with Gasteiger partial charge in [0.05, 0.1) is 11.2 Å². The van der Waals surface area contributed by atoms with Crippen LogP contribution in [-0.2, 0) is 0 Å². The Bertz CT molecular complexity index is 870. The van der Waals surface area contributed by atoms with Crippen molar-refractivity contribution >= 4 is 35.4 Å². The van der Waals surface area contributed by atoms with Gasteiger partial charge in [-0.3, -0.25) is 0 Å². The smallest absolute Gasteiger partial charge is 0.263 e. The normalized spacial score (nSPS) is 11.3. The second kappa shape index (κ2) is 6.31. The fraction of sp³-hybridized carbons (Fsp3) is 0.0714. The molecule has 0 atom stereocenters. The van der Waals surface area contributed by atoms with Crippen LogP contribution in [0.4, 0.5) is 5.95 Å². The van der Waals surface area contributed by atoms with E-state index >= 15 is 0 Å². The van der Waals surface area contributed by atoms with Crippen molar-refractivity contribution in [2.24, 2.45) is 5.10 Å². The van der Waals surface area contributed by atoms with Crippen LogP contribution in [0.25, 0.3) is 11.3 Å². The van der Waals surface area contributed by atoms with Gasteiger partial charge in [-0.1, -0.05) is 23.2 Å². The minimum atomic E-state index is 0.325. The van der Waals surface area contributed by atoms with E-state index in [0.717, 1.165) is 5.56 Å². The van der Waals surface area contributed by atoms with Crippen molar-refractivity contribution in [1.82, 2.24) is 14.9 Å². The molecule has 2 heterocycles. The first kappa shape index (κ1) is 15.4. The summed E-state index contributed by atoms with van der Waals surface area (Å²) in [5.41, 5.74) is 3.43. The van der Waals surface area contributed by atoms with E-state index in [0.29, 0.717) is 33.3 Å². The number of nitrogens with zero attached hydrogens (tertiary/aromatic N) is 4. The molecule has 0 unspecified atom stereocenters. The summed E-state index contributed by atoms with van der Waals surface area (Å²) < 4.78 is 6.96. The van der Waals surface area contributed by atoms with E-state index in [9.17, 15) is 0 Å². The molecular weight excluding hydrogens is 339 g/mol. The van der Waals surface area contributed by atoms with Crippen molar-refractivity contribution in [2.75, 3.05) is 11.3 Å². The van der Waals surface area contributed by atoms with Crippen LogP contribution in [0, 0.1) is 6.92 Å². The lowest BCUT2D eigenvalue weighted by atomic mass is 10.2. The number of rotatable bonds is 4. The van der Waals surface area contributed by atoms with Gasteiger partial charge in [-0.25, -0.2) is 10.1 Å². The first-order chi connectivity index (χ1) is 11.0. The highest BCUT2D eigenvalue weighted by Gasteiger charge is 2.08. The first-order valence-electron chi connectivity index (χ1n) is 6.56. The molecule has 3 N–H and O–H groups in total. The van der Waals surface area contributed by atoms with Gasteiger partial charge < -0.3 is 10.3 Å². The van der Waals surface area contributed by atoms with Gasteiger partial charge in [0.15, 0.2) is 5.82 Å². The Labute approximate surface area is 141 Å². The predicted octanol–water partition coefficient (Wildman–Crippen LogP) is 3.31. The molecule has 0 aliphatic rings. The average molecular weight is 351 g/mol. The minimum absolute atomic E-state index is 0.325. The topological polar surface area (TPSA) is 94.3 Å². The molecule has 0 bridgehead atoms. The zero-order chi connectivity index (χ0) is 16.4. The van der Waals surface area contributed by atoms with Crippen LogP contribution in [0.1, 0.15) is 11.6 Å². The molecule has 0 saturated carbocycles. The number of benzene rings is 1. The number of anilines is 1. The summed E-state index contributed by atoms with van der Waals surface area (Å²) in [6, 6.07) is 8.77. The molecule has 9 heteroatoms. The van der Waals surface area contributed by atoms with E-state index in [1.54, 1.807) is 37.3 Å². The summed E-state index contributed by atoms with van der Waals surface area (Å²) >= 11 is 12.0. The second-order valence-electron chi connectivity index (χ2n) is 4.64. The number of furan rings is 1. The number of hydrogen-bond acceptors (Lipinski definition) is 6. The van der Waals surface area contributed by atoms with Crippen LogP contribution >= 0.6 is 23.2 Å². The van der Waals surface area contributed by atoms with Crippen molar-refractivity contribution in [3.05, 3.63) is 52.0 Å². The summed E-state index contributed by atoms with van der Waals surface area (Å²) in [6.07, 6.45) is 1.50. The molecule has 0 aliphatic carbocycles. The van der Waals surface area contributed by atoms with E-state index in [4.69, 9.17) is 33.5 Å². The Kier molecular flexibility index (Phi) is 4.22. The van der Waals surface area contributed by atoms with Crippen LogP contribution in [0.3, 0.4) is 0 Å². The fourth-order valence-corrected chi connectivity index (χ4v) is 2.36. The number of aromatic nitrogens is 3. The lowest BCUT2D eigenvalue weighted by Crippen LogP contribution is -2.13. The third-order valence-electron chi connectivity index (χ3n) is 3.05. The van der Waals surface area contributed by atoms with Gasteiger partial charge in [0.2, 0.25) is 0 Å². The molecule has 118 valence electrons. The van der Waals surface area contributed by atoms with E-state index in [-0.39, 0.29) is 0 Å². The van der Waals surface area contributed by atoms with Crippen LogP contribution in [-0.4, -0.2) is 21.1 Å². The maximum Gasteiger partial charge on any atom is 0.263 e. The van der Waals surface area contributed by atoms with Crippen LogP contribution in [0.5, 0.6) is 0 Å². The fourth-order valence-electron chi connectivity index (χ4n) is 1.86. The van der Waals surface area contributed by atoms with E-state index in [1.165, 1.54) is 10.9 Å². The molecule has 0 aliphatic heterocycles. The zero-order valence-corrected chi connectivity index (χ0v) is 13.5. The standard InChI is InChI=1S/C14H12Cl2N6O/c1-8-19-21-14(22(8)17)20-18-7-10-3-5-13(23-10)11-4-2-9(15)6-12(11)16/h2-7H,17H2,1H3,(H,20,21). The number of nitrogens with two attached hydrogens (primary N) is 1. The van der Waals surface area contributed by atoms with Gasteiger partial charge >= 0.3 is 0 Å². The van der Waals surface area contributed by atoms with Crippen LogP contribution in [0.2, 0.25) is 10.0 Å². The van der Waals surface area contributed by atoms with Crippen molar-refractivity contribution in [3.63, 3.8) is 0 Å². The molecule has 7 nitrogen and oxygen atoms in total. The second-order valence-corrected chi connectivity index (χ2v) is 5.48. The van der Waals surface area contributed by atoms with E-state index in [1.807, 2.05) is 0 Å². The largest absolute Gasteiger partial charge is 0.455 e. The molecule has 0 radical (unpaired) electrons. The zero-order valence-electron chi connectivity index (χ0n) is 12.0. The number of aryl methyl sites for hydroxylation is 1. The first-order valence-corrected chi connectivity index (χ1v) is 7.31. The number of halogens is 2. The summed E-state index contributed by atoms with van der Waals surface area (Å²) in [5, 5.41) is 12.7. The predicted molar refractivity (Wildman–Crippen MR) is 90.3 cm³/mol. The molecule has 0 saturated heterocycles. The van der Waals surface area contributed by atoms with Crippen molar-refractivity contribution < 1.29 is 4.42 Å². The van der Waals surface area contributed by atoms with Gasteiger partial charge in [-0.2, -0.15) is 5.10 Å². The van der Waals surface area contributed by atoms with Gasteiger partial charge in [-0.15, -0.1) is 10.2 Å². The summed E-state index contributed by atoms with van der Waals surface area (Å²) in [7, 11) is 0. The molecule has 3 aromatic rings. The van der Waals surface area contributed by atoms with Crippen molar-refractivity contribution in [2.45, 2.75) is 6.92 Å². The minimum Gasteiger partial charge on any atom is -0.455 e. The third kappa shape index (κ3) is 3.30. The SMILES string of the molecule is Cc1nnc(NN=Cc2ccc(-c3ccc(Cl)cc3Cl)o2)n1N. The van der Waals surface area contributed by atoms with Gasteiger partial charge in [0, 0.05) is 10.6 Å². The lowest BCUT2D eigenvalue weighted by Gasteiger charge is -2.01. The Morgan fingerprint density at radius 2 is 2.09 bits per heavy atom. The Morgan fingerprint density at radius 3 is 2.78 bits per heavy atom. The van der Waals surface area contributed by atoms with Gasteiger partial charge in [-0.05, 0) is 37.3 Å². The van der Waals surface area contributed by atoms with Crippen molar-refractivity contribution in [1.29, 1.82) is 0 Å². The Morgan fingerprint density at radius 1 is 1.26 bits per heavy atom. The highest BCUT2D eigenvalue weighted by Crippen LogP contribution is 2.31. The highest BCUT2D eigenvalue weighted by atomic mass is 35.5. The van der Waals surface area contributed by atoms with Gasteiger partial charge in [0.25, 0.3) is 5.95 Å². The van der Waals surface area contributed by atoms with E-state index < -0.39 is 0 Å². The lowest BCUT2D eigenvalue weighted by molar-refractivity contribution is 0.575. The van der Waals surface area contributed by atoms with E-state index in [2.05, 4.69) is 20.7 Å². The number of nitrogens with one attached hydrogen (secondary N) is 1. The third-order valence-corrected chi connectivity index (χ3v) is 3.59. The summed E-state index contributed by atoms with van der Waals surface area (Å²) in [6.45, 7) is 1.73. The summed E-state index contributed by atoms with van der Waals surface area (Å²) in [4.78, 5) is 0. The number of hydrogen-bond donors (Lipinski definition) is 2. The van der Waals surface area contributed by atoms with Crippen LogP contribution in [0.15, 0.2) is 39.9 Å². The molecule has 1 aromatic carbocycles. The van der Waals surface area contributed by atoms with Crippen LogP contribution < -0.4 is 11.3 Å². The molecule has 0 amide bonds. The molecule has 0 fully saturated rings. The maximum absolute atomic E-state index is 6.16. The number of hydrazone groups is 1. The molecule has 2 aromatic heterocycles. The highest BCUT2D eigenvalue weighted by molar-refractivity contribution is 6.36. The summed E-state index contributed by atoms with van der Waals surface area (Å²) in [5.74, 6) is 7.75. The molecule has 3 rings (SSSR count). The molecule has 0 spiro atoms.